The zero-order valence-corrected chi connectivity index (χ0v) is 16.9. The van der Waals surface area contributed by atoms with Gasteiger partial charge < -0.3 is 9.30 Å². The van der Waals surface area contributed by atoms with Crippen LogP contribution in [0.5, 0.6) is 0 Å². The normalized spacial score (nSPS) is 11.4. The second-order valence-corrected chi connectivity index (χ2v) is 7.24. The monoisotopic (exact) mass is 432 g/mol. The van der Waals surface area contributed by atoms with Gasteiger partial charge in [-0.1, -0.05) is 12.1 Å². The predicted molar refractivity (Wildman–Crippen MR) is 115 cm³/mol. The fourth-order valence-electron chi connectivity index (χ4n) is 3.57. The summed E-state index contributed by atoms with van der Waals surface area (Å²) in [6.07, 6.45) is 3.15. The minimum atomic E-state index is -0.403. The number of nitrogens with one attached hydrogen (secondary N) is 1. The number of aromatic nitrogens is 6. The second-order valence-electron chi connectivity index (χ2n) is 7.24. The van der Waals surface area contributed by atoms with Gasteiger partial charge in [0.2, 0.25) is 0 Å². The Balaban J connectivity index is 1.63. The molecular formula is C22H17FN6O3. The van der Waals surface area contributed by atoms with Crippen molar-refractivity contribution < 1.29 is 9.13 Å². The number of H-pyrrole nitrogens is 1. The number of aromatic amines is 1. The highest BCUT2D eigenvalue weighted by Gasteiger charge is 2.13. The van der Waals surface area contributed by atoms with Crippen LogP contribution in [-0.2, 0) is 17.9 Å². The summed E-state index contributed by atoms with van der Waals surface area (Å²) in [5, 5.41) is 7.32. The van der Waals surface area contributed by atoms with Crippen LogP contribution in [0.2, 0.25) is 0 Å². The summed E-state index contributed by atoms with van der Waals surface area (Å²) in [5.74, 6) is 0.275. The van der Waals surface area contributed by atoms with Crippen molar-refractivity contribution >= 4 is 21.8 Å². The number of hydrogen-bond donors (Lipinski definition) is 1. The van der Waals surface area contributed by atoms with Gasteiger partial charge in [-0.25, -0.2) is 13.9 Å². The molecule has 4 aromatic heterocycles. The van der Waals surface area contributed by atoms with Crippen molar-refractivity contribution in [3.63, 3.8) is 0 Å². The molecule has 0 spiro atoms. The lowest BCUT2D eigenvalue weighted by Gasteiger charge is -2.09. The Bertz CT molecular complexity index is 1590. The van der Waals surface area contributed by atoms with Gasteiger partial charge in [-0.15, -0.1) is 5.10 Å². The minimum absolute atomic E-state index is 0.167. The number of nitrogens with zero attached hydrogens (tertiary/aromatic N) is 5. The molecule has 5 aromatic rings. The summed E-state index contributed by atoms with van der Waals surface area (Å²) >= 11 is 0. The standard InChI is InChI=1S/C22H17FN6O3/c1-32-12-19-25-22(27-26-19)29-8-6-18-16(21(29)31)10-15-17(24-18)5-7-28(20(15)30)11-13-3-2-4-14(23)9-13/h2-10H,11-12H2,1H3,(H,25,26,27). The molecule has 0 saturated carbocycles. The molecule has 0 unspecified atom stereocenters. The molecular weight excluding hydrogens is 415 g/mol. The topological polar surface area (TPSA) is 108 Å². The fraction of sp³-hybridized carbons (Fsp3) is 0.136. The lowest BCUT2D eigenvalue weighted by atomic mass is 10.1. The van der Waals surface area contributed by atoms with Crippen molar-refractivity contribution in [1.29, 1.82) is 0 Å². The van der Waals surface area contributed by atoms with Crippen LogP contribution in [0, 0.1) is 5.82 Å². The zero-order chi connectivity index (χ0) is 22.2. The van der Waals surface area contributed by atoms with Crippen LogP contribution in [0.15, 0.2) is 64.4 Å². The SMILES string of the molecule is COCc1nc(-n2ccc3nc4ccn(Cc5cccc(F)c5)c(=O)c4cc3c2=O)n[nH]1. The first-order valence-electron chi connectivity index (χ1n) is 9.74. The van der Waals surface area contributed by atoms with Crippen LogP contribution < -0.4 is 11.1 Å². The van der Waals surface area contributed by atoms with E-state index in [1.165, 1.54) is 40.6 Å². The molecule has 0 bridgehead atoms. The Labute approximate surface area is 179 Å². The molecule has 1 N–H and O–H groups in total. The summed E-state index contributed by atoms with van der Waals surface area (Å²) in [6.45, 7) is 0.426. The number of rotatable bonds is 5. The molecule has 160 valence electrons. The first-order valence-corrected chi connectivity index (χ1v) is 9.74. The van der Waals surface area contributed by atoms with E-state index in [2.05, 4.69) is 20.2 Å². The zero-order valence-electron chi connectivity index (χ0n) is 16.9. The Morgan fingerprint density at radius 2 is 1.78 bits per heavy atom. The van der Waals surface area contributed by atoms with E-state index in [0.717, 1.165) is 0 Å². The van der Waals surface area contributed by atoms with Crippen LogP contribution in [0.3, 0.4) is 0 Å². The van der Waals surface area contributed by atoms with E-state index >= 15 is 0 Å². The number of ether oxygens (including phenoxy) is 1. The maximum atomic E-state index is 13.5. The van der Waals surface area contributed by atoms with E-state index in [0.29, 0.717) is 27.8 Å². The third kappa shape index (κ3) is 3.46. The maximum absolute atomic E-state index is 13.5. The third-order valence-electron chi connectivity index (χ3n) is 5.07. The van der Waals surface area contributed by atoms with Gasteiger partial charge in [0.15, 0.2) is 5.82 Å². The summed E-state index contributed by atoms with van der Waals surface area (Å²) < 4.78 is 21.3. The van der Waals surface area contributed by atoms with Gasteiger partial charge in [0, 0.05) is 19.5 Å². The maximum Gasteiger partial charge on any atom is 0.267 e. The van der Waals surface area contributed by atoms with Crippen molar-refractivity contribution in [1.82, 2.24) is 29.3 Å². The molecule has 0 aliphatic carbocycles. The van der Waals surface area contributed by atoms with Crippen LogP contribution in [-0.4, -0.2) is 36.4 Å². The molecule has 4 heterocycles. The van der Waals surface area contributed by atoms with E-state index < -0.39 is 5.56 Å². The summed E-state index contributed by atoms with van der Waals surface area (Å²) in [5.41, 5.74) is 0.846. The molecule has 0 radical (unpaired) electrons. The van der Waals surface area contributed by atoms with Crippen molar-refractivity contribution in [2.45, 2.75) is 13.2 Å². The third-order valence-corrected chi connectivity index (χ3v) is 5.07. The van der Waals surface area contributed by atoms with E-state index in [9.17, 15) is 14.0 Å². The molecule has 32 heavy (non-hydrogen) atoms. The quantitative estimate of drug-likeness (QED) is 0.427. The van der Waals surface area contributed by atoms with Crippen LogP contribution >= 0.6 is 0 Å². The average Bonchev–Trinajstić information content (AvgIpc) is 3.24. The summed E-state index contributed by atoms with van der Waals surface area (Å²) in [4.78, 5) is 34.9. The predicted octanol–water partition coefficient (Wildman–Crippen LogP) is 2.15. The smallest absolute Gasteiger partial charge is 0.267 e. The lowest BCUT2D eigenvalue weighted by molar-refractivity contribution is 0.178. The largest absolute Gasteiger partial charge is 0.377 e. The van der Waals surface area contributed by atoms with Crippen molar-refractivity contribution in [3.8, 4) is 5.95 Å². The molecule has 0 saturated heterocycles. The van der Waals surface area contributed by atoms with Gasteiger partial charge in [-0.2, -0.15) is 4.98 Å². The van der Waals surface area contributed by atoms with Gasteiger partial charge in [0.25, 0.3) is 17.1 Å². The number of halogens is 1. The summed E-state index contributed by atoms with van der Waals surface area (Å²) in [6, 6.07) is 11.0. The Morgan fingerprint density at radius 3 is 2.56 bits per heavy atom. The van der Waals surface area contributed by atoms with Crippen molar-refractivity contribution in [3.05, 3.63) is 92.8 Å². The minimum Gasteiger partial charge on any atom is -0.377 e. The van der Waals surface area contributed by atoms with Gasteiger partial charge in [0.1, 0.15) is 12.4 Å². The van der Waals surface area contributed by atoms with Gasteiger partial charge in [0.05, 0.1) is 28.4 Å². The highest BCUT2D eigenvalue weighted by molar-refractivity contribution is 5.91. The second kappa shape index (κ2) is 7.82. The molecule has 9 nitrogen and oxygen atoms in total. The molecule has 0 atom stereocenters. The van der Waals surface area contributed by atoms with Crippen LogP contribution in [0.1, 0.15) is 11.4 Å². The number of hydrogen-bond acceptors (Lipinski definition) is 6. The van der Waals surface area contributed by atoms with E-state index in [-0.39, 0.29) is 35.9 Å². The summed E-state index contributed by atoms with van der Waals surface area (Å²) in [7, 11) is 1.53. The van der Waals surface area contributed by atoms with Gasteiger partial charge in [-0.3, -0.25) is 14.7 Å². The lowest BCUT2D eigenvalue weighted by Crippen LogP contribution is -2.22. The van der Waals surface area contributed by atoms with Gasteiger partial charge in [-0.05, 0) is 35.9 Å². The van der Waals surface area contributed by atoms with E-state index in [1.807, 2.05) is 0 Å². The van der Waals surface area contributed by atoms with Crippen LogP contribution in [0.25, 0.3) is 27.8 Å². The number of pyridine rings is 3. The molecule has 0 aliphatic rings. The van der Waals surface area contributed by atoms with Crippen molar-refractivity contribution in [2.24, 2.45) is 0 Å². The number of fused-ring (bicyclic) bond motifs is 2. The number of benzene rings is 1. The Morgan fingerprint density at radius 1 is 1.00 bits per heavy atom. The molecule has 1 aromatic carbocycles. The van der Waals surface area contributed by atoms with E-state index in [4.69, 9.17) is 4.74 Å². The molecule has 0 fully saturated rings. The number of methoxy groups -OCH3 is 1. The Kier molecular flexibility index (Phi) is 4.83. The fourth-order valence-corrected chi connectivity index (χ4v) is 3.57. The van der Waals surface area contributed by atoms with Crippen molar-refractivity contribution in [2.75, 3.05) is 7.11 Å². The van der Waals surface area contributed by atoms with E-state index in [1.54, 1.807) is 30.5 Å². The highest BCUT2D eigenvalue weighted by atomic mass is 19.1. The average molecular weight is 432 g/mol. The van der Waals surface area contributed by atoms with Crippen LogP contribution in [0.4, 0.5) is 4.39 Å². The molecule has 0 aliphatic heterocycles. The first-order chi connectivity index (χ1) is 15.5. The Hall–Kier alpha value is -4.18. The highest BCUT2D eigenvalue weighted by Crippen LogP contribution is 2.16. The molecule has 0 amide bonds. The molecule has 10 heteroatoms. The molecule has 5 rings (SSSR count). The van der Waals surface area contributed by atoms with Gasteiger partial charge >= 0.3 is 0 Å². The first kappa shape index (κ1) is 19.8.